The van der Waals surface area contributed by atoms with Crippen molar-refractivity contribution in [1.29, 1.82) is 0 Å². The third kappa shape index (κ3) is 3.80. The summed E-state index contributed by atoms with van der Waals surface area (Å²) in [5, 5.41) is 1.60. The van der Waals surface area contributed by atoms with Gasteiger partial charge in [0.15, 0.2) is 0 Å². The number of hydrogen-bond acceptors (Lipinski definition) is 3. The number of pyridine rings is 1. The Morgan fingerprint density at radius 3 is 2.68 bits per heavy atom. The second-order valence-electron chi connectivity index (χ2n) is 5.65. The zero-order valence-electron chi connectivity index (χ0n) is 13.4. The third-order valence-corrected chi connectivity index (χ3v) is 4.33. The van der Waals surface area contributed by atoms with Crippen LogP contribution in [0.2, 0.25) is 5.02 Å². The Balaban J connectivity index is 1.71. The third-order valence-electron chi connectivity index (χ3n) is 4.02. The molecule has 3 N–H and O–H groups in total. The smallest absolute Gasteiger partial charge is 0.321 e. The number of H-pyrrole nitrogens is 1. The average Bonchev–Trinajstić information content (AvgIpc) is 3.03. The predicted molar refractivity (Wildman–Crippen MR) is 96.0 cm³/mol. The summed E-state index contributed by atoms with van der Waals surface area (Å²) in [6, 6.07) is 8.33. The molecule has 3 aromatic rings. The number of amides is 3. The SMILES string of the molecule is NC(=O)N(Cc1ccncc1)C(=O)CCc1c[nH]c2c(Cl)cccc12. The molecule has 0 aliphatic heterocycles. The maximum atomic E-state index is 12.5. The molecule has 0 fully saturated rings. The van der Waals surface area contributed by atoms with E-state index in [4.69, 9.17) is 17.3 Å². The molecule has 1 aromatic carbocycles. The van der Waals surface area contributed by atoms with E-state index in [1.165, 1.54) is 0 Å². The van der Waals surface area contributed by atoms with Gasteiger partial charge in [0.25, 0.3) is 0 Å². The van der Waals surface area contributed by atoms with Gasteiger partial charge in [-0.05, 0) is 35.7 Å². The van der Waals surface area contributed by atoms with E-state index < -0.39 is 6.03 Å². The number of nitrogens with zero attached hydrogens (tertiary/aromatic N) is 2. The van der Waals surface area contributed by atoms with E-state index in [0.717, 1.165) is 26.9 Å². The lowest BCUT2D eigenvalue weighted by atomic mass is 10.1. The highest BCUT2D eigenvalue weighted by molar-refractivity contribution is 6.35. The monoisotopic (exact) mass is 356 g/mol. The Hall–Kier alpha value is -2.86. The first-order valence-electron chi connectivity index (χ1n) is 7.79. The Kier molecular flexibility index (Phi) is 5.00. The van der Waals surface area contributed by atoms with E-state index in [-0.39, 0.29) is 18.9 Å². The number of aromatic nitrogens is 2. The summed E-state index contributed by atoms with van der Waals surface area (Å²) in [6.45, 7) is 0.135. The molecule has 25 heavy (non-hydrogen) atoms. The van der Waals surface area contributed by atoms with Crippen molar-refractivity contribution in [2.75, 3.05) is 0 Å². The second kappa shape index (κ2) is 7.36. The van der Waals surface area contributed by atoms with Crippen LogP contribution in [-0.4, -0.2) is 26.8 Å². The quantitative estimate of drug-likeness (QED) is 0.734. The van der Waals surface area contributed by atoms with Crippen LogP contribution in [0, 0.1) is 0 Å². The summed E-state index contributed by atoms with van der Waals surface area (Å²) >= 11 is 6.14. The van der Waals surface area contributed by atoms with Crippen LogP contribution in [-0.2, 0) is 17.8 Å². The molecule has 3 amide bonds. The minimum Gasteiger partial charge on any atom is -0.360 e. The van der Waals surface area contributed by atoms with Crippen molar-refractivity contribution in [3.8, 4) is 0 Å². The number of primary amides is 1. The molecule has 128 valence electrons. The van der Waals surface area contributed by atoms with Crippen LogP contribution in [0.5, 0.6) is 0 Å². The highest BCUT2D eigenvalue weighted by Crippen LogP contribution is 2.26. The first kappa shape index (κ1) is 17.0. The van der Waals surface area contributed by atoms with E-state index in [0.29, 0.717) is 11.4 Å². The van der Waals surface area contributed by atoms with Crippen LogP contribution in [0.4, 0.5) is 4.79 Å². The molecule has 0 bridgehead atoms. The minimum atomic E-state index is -0.760. The summed E-state index contributed by atoms with van der Waals surface area (Å²) in [7, 11) is 0. The first-order valence-corrected chi connectivity index (χ1v) is 8.17. The predicted octanol–water partition coefficient (Wildman–Crippen LogP) is 3.26. The molecule has 0 atom stereocenters. The summed E-state index contributed by atoms with van der Waals surface area (Å²) in [6.07, 6.45) is 5.71. The Morgan fingerprint density at radius 2 is 1.96 bits per heavy atom. The number of nitrogens with one attached hydrogen (secondary N) is 1. The van der Waals surface area contributed by atoms with Crippen molar-refractivity contribution in [2.45, 2.75) is 19.4 Å². The number of carbonyl (C=O) groups is 2. The molecular weight excluding hydrogens is 340 g/mol. The molecule has 0 unspecified atom stereocenters. The number of urea groups is 1. The topological polar surface area (TPSA) is 92.1 Å². The first-order chi connectivity index (χ1) is 12.1. The number of hydrogen-bond donors (Lipinski definition) is 2. The molecule has 0 spiro atoms. The van der Waals surface area contributed by atoms with Gasteiger partial charge < -0.3 is 10.7 Å². The lowest BCUT2D eigenvalue weighted by Crippen LogP contribution is -2.40. The lowest BCUT2D eigenvalue weighted by Gasteiger charge is -2.18. The van der Waals surface area contributed by atoms with Crippen LogP contribution < -0.4 is 5.73 Å². The second-order valence-corrected chi connectivity index (χ2v) is 6.06. The van der Waals surface area contributed by atoms with Crippen LogP contribution >= 0.6 is 11.6 Å². The van der Waals surface area contributed by atoms with Crippen LogP contribution in [0.1, 0.15) is 17.5 Å². The van der Waals surface area contributed by atoms with E-state index in [9.17, 15) is 9.59 Å². The van der Waals surface area contributed by atoms with E-state index in [1.807, 2.05) is 18.3 Å². The Morgan fingerprint density at radius 1 is 1.20 bits per heavy atom. The number of aromatic amines is 1. The number of fused-ring (bicyclic) bond motifs is 1. The van der Waals surface area contributed by atoms with E-state index in [2.05, 4.69) is 9.97 Å². The fourth-order valence-electron chi connectivity index (χ4n) is 2.72. The fraction of sp³-hybridized carbons (Fsp3) is 0.167. The number of rotatable bonds is 5. The van der Waals surface area contributed by atoms with Crippen LogP contribution in [0.15, 0.2) is 48.9 Å². The standard InChI is InChI=1S/C18H17ClN4O2/c19-15-3-1-2-14-13(10-22-17(14)15)4-5-16(24)23(18(20)25)11-12-6-8-21-9-7-12/h1-3,6-10,22H,4-5,11H2,(H2,20,25). The number of aryl methyl sites for hydroxylation is 1. The van der Waals surface area contributed by atoms with Gasteiger partial charge >= 0.3 is 6.03 Å². The maximum absolute atomic E-state index is 12.5. The Labute approximate surface area is 149 Å². The molecule has 3 rings (SSSR count). The fourth-order valence-corrected chi connectivity index (χ4v) is 2.95. The molecule has 6 nitrogen and oxygen atoms in total. The average molecular weight is 357 g/mol. The lowest BCUT2D eigenvalue weighted by molar-refractivity contribution is -0.128. The molecule has 2 heterocycles. The van der Waals surface area contributed by atoms with E-state index >= 15 is 0 Å². The largest absolute Gasteiger partial charge is 0.360 e. The molecule has 0 saturated carbocycles. The highest BCUT2D eigenvalue weighted by Gasteiger charge is 2.19. The van der Waals surface area contributed by atoms with Gasteiger partial charge in [-0.1, -0.05) is 23.7 Å². The summed E-state index contributed by atoms with van der Waals surface area (Å²) in [5.74, 6) is -0.319. The zero-order valence-corrected chi connectivity index (χ0v) is 14.2. The maximum Gasteiger partial charge on any atom is 0.321 e. The van der Waals surface area contributed by atoms with Crippen LogP contribution in [0.25, 0.3) is 10.9 Å². The van der Waals surface area contributed by atoms with Crippen molar-refractivity contribution < 1.29 is 9.59 Å². The van der Waals surface area contributed by atoms with Crippen molar-refractivity contribution in [2.24, 2.45) is 5.73 Å². The Bertz CT molecular complexity index is 908. The van der Waals surface area contributed by atoms with Gasteiger partial charge in [0.1, 0.15) is 0 Å². The molecule has 2 aromatic heterocycles. The van der Waals surface area contributed by atoms with E-state index in [1.54, 1.807) is 30.6 Å². The molecule has 0 saturated heterocycles. The van der Waals surface area contributed by atoms with Gasteiger partial charge in [0.05, 0.1) is 17.1 Å². The number of para-hydroxylation sites is 1. The summed E-state index contributed by atoms with van der Waals surface area (Å²) in [4.78, 5) is 32.2. The normalized spacial score (nSPS) is 10.8. The minimum absolute atomic E-state index is 0.135. The molecule has 0 radical (unpaired) electrons. The zero-order chi connectivity index (χ0) is 17.8. The molecule has 7 heteroatoms. The summed E-state index contributed by atoms with van der Waals surface area (Å²) in [5.41, 5.74) is 7.98. The number of nitrogens with two attached hydrogens (primary N) is 1. The van der Waals surface area contributed by atoms with Crippen molar-refractivity contribution in [3.05, 3.63) is 65.1 Å². The number of halogens is 1. The molecular formula is C18H17ClN4O2. The van der Waals surface area contributed by atoms with Gasteiger partial charge in [0.2, 0.25) is 5.91 Å². The number of benzene rings is 1. The van der Waals surface area contributed by atoms with Gasteiger partial charge in [-0.15, -0.1) is 0 Å². The van der Waals surface area contributed by atoms with Crippen molar-refractivity contribution in [3.63, 3.8) is 0 Å². The van der Waals surface area contributed by atoms with Gasteiger partial charge in [0, 0.05) is 30.4 Å². The number of carbonyl (C=O) groups excluding carboxylic acids is 2. The summed E-state index contributed by atoms with van der Waals surface area (Å²) < 4.78 is 0. The number of imide groups is 1. The van der Waals surface area contributed by atoms with Gasteiger partial charge in [-0.25, -0.2) is 4.79 Å². The van der Waals surface area contributed by atoms with Crippen molar-refractivity contribution in [1.82, 2.24) is 14.9 Å². The van der Waals surface area contributed by atoms with Gasteiger partial charge in [-0.3, -0.25) is 14.7 Å². The molecule has 0 aliphatic carbocycles. The van der Waals surface area contributed by atoms with Crippen molar-refractivity contribution >= 4 is 34.4 Å². The highest BCUT2D eigenvalue weighted by atomic mass is 35.5. The van der Waals surface area contributed by atoms with Crippen LogP contribution in [0.3, 0.4) is 0 Å². The van der Waals surface area contributed by atoms with Gasteiger partial charge in [-0.2, -0.15) is 0 Å². The molecule has 0 aliphatic rings.